The number of carbonyl (C=O) groups excluding carboxylic acids is 3. The molecule has 9 nitrogen and oxygen atoms in total. The quantitative estimate of drug-likeness (QED) is 0.391. The van der Waals surface area contributed by atoms with E-state index in [2.05, 4.69) is 27.0 Å². The third-order valence-electron chi connectivity index (χ3n) is 6.54. The van der Waals surface area contributed by atoms with E-state index in [0.29, 0.717) is 43.7 Å². The van der Waals surface area contributed by atoms with Crippen LogP contribution >= 0.6 is 0 Å². The van der Waals surface area contributed by atoms with Crippen LogP contribution in [0.5, 0.6) is 5.75 Å². The van der Waals surface area contributed by atoms with Crippen molar-refractivity contribution >= 4 is 28.6 Å². The zero-order chi connectivity index (χ0) is 25.5. The maximum absolute atomic E-state index is 13.4. The van der Waals surface area contributed by atoms with E-state index in [1.807, 2.05) is 39.0 Å². The summed E-state index contributed by atoms with van der Waals surface area (Å²) < 4.78 is 5.37. The molecule has 0 aliphatic carbocycles. The van der Waals surface area contributed by atoms with Crippen molar-refractivity contribution in [3.63, 3.8) is 0 Å². The summed E-state index contributed by atoms with van der Waals surface area (Å²) in [5.41, 5.74) is 1.09. The molecule has 2 aromatic rings. The summed E-state index contributed by atoms with van der Waals surface area (Å²) in [6.07, 6.45) is 2.06. The molecule has 9 heteroatoms. The van der Waals surface area contributed by atoms with Gasteiger partial charge in [0.1, 0.15) is 17.5 Å². The highest BCUT2D eigenvalue weighted by molar-refractivity contribution is 6.01. The Morgan fingerprint density at radius 2 is 2.06 bits per heavy atom. The third kappa shape index (κ3) is 6.32. The topological polar surface area (TPSA) is 136 Å². The predicted molar refractivity (Wildman–Crippen MR) is 133 cm³/mol. The van der Waals surface area contributed by atoms with Crippen LogP contribution in [0.2, 0.25) is 0 Å². The Morgan fingerprint density at radius 1 is 1.29 bits per heavy atom. The van der Waals surface area contributed by atoms with E-state index >= 15 is 0 Å². The minimum Gasteiger partial charge on any atom is -0.496 e. The number of rotatable bonds is 11. The van der Waals surface area contributed by atoms with Crippen LogP contribution < -0.4 is 20.7 Å². The first-order valence-electron chi connectivity index (χ1n) is 12.2. The highest BCUT2D eigenvalue weighted by Crippen LogP contribution is 2.26. The maximum Gasteiger partial charge on any atom is 0.268 e. The van der Waals surface area contributed by atoms with Gasteiger partial charge in [0, 0.05) is 29.4 Å². The summed E-state index contributed by atoms with van der Waals surface area (Å²) in [6.45, 7) is 6.45. The first-order valence-corrected chi connectivity index (χ1v) is 12.2. The predicted octanol–water partition coefficient (Wildman–Crippen LogP) is 2.88. The van der Waals surface area contributed by atoms with Crippen LogP contribution in [-0.2, 0) is 9.59 Å². The van der Waals surface area contributed by atoms with E-state index in [-0.39, 0.29) is 23.7 Å². The number of methoxy groups -OCH3 is 1. The molecular weight excluding hydrogens is 446 g/mol. The summed E-state index contributed by atoms with van der Waals surface area (Å²) in [4.78, 5) is 41.7. The smallest absolute Gasteiger partial charge is 0.268 e. The lowest BCUT2D eigenvalue weighted by molar-refractivity contribution is -0.126. The molecule has 2 heterocycles. The van der Waals surface area contributed by atoms with E-state index in [9.17, 15) is 19.6 Å². The fourth-order valence-electron chi connectivity index (χ4n) is 4.62. The summed E-state index contributed by atoms with van der Waals surface area (Å²) in [5, 5.41) is 19.1. The average Bonchev–Trinajstić information content (AvgIpc) is 3.45. The molecule has 0 saturated carbocycles. The second-order valence-electron chi connectivity index (χ2n) is 9.53. The van der Waals surface area contributed by atoms with Crippen LogP contribution in [0.4, 0.5) is 0 Å². The fourth-order valence-corrected chi connectivity index (χ4v) is 4.62. The Bertz CT molecular complexity index is 1100. The van der Waals surface area contributed by atoms with Crippen molar-refractivity contribution in [1.29, 1.82) is 5.26 Å². The summed E-state index contributed by atoms with van der Waals surface area (Å²) in [7, 11) is 1.57. The molecule has 1 aliphatic heterocycles. The number of H-pyrrole nitrogens is 1. The standard InChI is InChI=1S/C26H35N5O4/c1-5-16(14-27)20(12-17-9-10-28-24(17)32)30-25(33)21(11-15(2)3)31-26(34)22-13-18-19(29-22)7-6-8-23(18)35-4/h6-8,13,15-17,20-21,29H,5,9-12H2,1-4H3,(H,28,32)(H,30,33)(H,31,34)/t16?,17-,20-,21-/m0/s1. The van der Waals surface area contributed by atoms with Gasteiger partial charge in [-0.2, -0.15) is 5.26 Å². The van der Waals surface area contributed by atoms with Crippen LogP contribution in [0.25, 0.3) is 10.9 Å². The van der Waals surface area contributed by atoms with Gasteiger partial charge in [0.15, 0.2) is 0 Å². The van der Waals surface area contributed by atoms with Gasteiger partial charge in [-0.1, -0.05) is 26.8 Å². The molecule has 188 valence electrons. The van der Waals surface area contributed by atoms with Crippen molar-refractivity contribution in [2.45, 2.75) is 58.5 Å². The lowest BCUT2D eigenvalue weighted by Gasteiger charge is -2.28. The number of fused-ring (bicyclic) bond motifs is 1. The first kappa shape index (κ1) is 26.1. The molecule has 1 aromatic carbocycles. The average molecular weight is 482 g/mol. The molecule has 1 saturated heterocycles. The third-order valence-corrected chi connectivity index (χ3v) is 6.54. The summed E-state index contributed by atoms with van der Waals surface area (Å²) in [5.74, 6) is -0.661. The van der Waals surface area contributed by atoms with Crippen molar-refractivity contribution in [1.82, 2.24) is 20.9 Å². The molecule has 0 spiro atoms. The lowest BCUT2D eigenvalue weighted by Crippen LogP contribution is -2.52. The number of hydrogen-bond acceptors (Lipinski definition) is 5. The molecule has 1 aliphatic rings. The van der Waals surface area contributed by atoms with Gasteiger partial charge in [0.25, 0.3) is 5.91 Å². The van der Waals surface area contributed by atoms with Crippen LogP contribution in [0, 0.1) is 29.1 Å². The second-order valence-corrected chi connectivity index (χ2v) is 9.53. The molecule has 4 atom stereocenters. The van der Waals surface area contributed by atoms with Gasteiger partial charge >= 0.3 is 0 Å². The van der Waals surface area contributed by atoms with Crippen molar-refractivity contribution in [2.24, 2.45) is 17.8 Å². The number of hydrogen-bond donors (Lipinski definition) is 4. The number of aromatic nitrogens is 1. The number of nitriles is 1. The zero-order valence-electron chi connectivity index (χ0n) is 20.8. The van der Waals surface area contributed by atoms with E-state index in [0.717, 1.165) is 10.9 Å². The van der Waals surface area contributed by atoms with Crippen LogP contribution in [-0.4, -0.2) is 48.4 Å². The van der Waals surface area contributed by atoms with Crippen molar-refractivity contribution < 1.29 is 19.1 Å². The van der Waals surface area contributed by atoms with E-state index in [1.54, 1.807) is 13.2 Å². The Morgan fingerprint density at radius 3 is 2.66 bits per heavy atom. The van der Waals surface area contributed by atoms with Gasteiger partial charge in [0.2, 0.25) is 11.8 Å². The molecule has 4 N–H and O–H groups in total. The normalized spacial score (nSPS) is 17.9. The molecular formula is C26H35N5O4. The van der Waals surface area contributed by atoms with E-state index < -0.39 is 23.9 Å². The van der Waals surface area contributed by atoms with Gasteiger partial charge in [-0.15, -0.1) is 0 Å². The molecule has 0 bridgehead atoms. The number of aromatic amines is 1. The number of amides is 3. The highest BCUT2D eigenvalue weighted by atomic mass is 16.5. The number of ether oxygens (including phenoxy) is 1. The Kier molecular flexibility index (Phi) is 8.74. The van der Waals surface area contributed by atoms with Crippen molar-refractivity contribution in [2.75, 3.05) is 13.7 Å². The minimum absolute atomic E-state index is 0.0432. The van der Waals surface area contributed by atoms with Crippen LogP contribution in [0.3, 0.4) is 0 Å². The van der Waals surface area contributed by atoms with Crippen molar-refractivity contribution in [3.05, 3.63) is 30.0 Å². The first-order chi connectivity index (χ1) is 16.8. The number of nitrogens with zero attached hydrogens (tertiary/aromatic N) is 1. The fraction of sp³-hybridized carbons (Fsp3) is 0.538. The molecule has 35 heavy (non-hydrogen) atoms. The van der Waals surface area contributed by atoms with Crippen LogP contribution in [0.15, 0.2) is 24.3 Å². The van der Waals surface area contributed by atoms with Crippen LogP contribution in [0.1, 0.15) is 56.9 Å². The minimum atomic E-state index is -0.785. The maximum atomic E-state index is 13.4. The largest absolute Gasteiger partial charge is 0.496 e. The zero-order valence-corrected chi connectivity index (χ0v) is 20.8. The number of carbonyl (C=O) groups is 3. The van der Waals surface area contributed by atoms with Gasteiger partial charge in [-0.25, -0.2) is 0 Å². The monoisotopic (exact) mass is 481 g/mol. The number of benzene rings is 1. The Balaban J connectivity index is 1.77. The molecule has 1 aromatic heterocycles. The van der Waals surface area contributed by atoms with Gasteiger partial charge < -0.3 is 25.7 Å². The Labute approximate surface area is 206 Å². The molecule has 3 rings (SSSR count). The number of nitrogens with one attached hydrogen (secondary N) is 4. The van der Waals surface area contributed by atoms with Gasteiger partial charge in [-0.3, -0.25) is 14.4 Å². The highest BCUT2D eigenvalue weighted by Gasteiger charge is 2.33. The molecule has 0 radical (unpaired) electrons. The molecule has 1 unspecified atom stereocenters. The molecule has 1 fully saturated rings. The summed E-state index contributed by atoms with van der Waals surface area (Å²) >= 11 is 0. The van der Waals surface area contributed by atoms with Gasteiger partial charge in [0.05, 0.1) is 19.1 Å². The Hall–Kier alpha value is -3.54. The van der Waals surface area contributed by atoms with E-state index in [4.69, 9.17) is 4.74 Å². The molecule has 3 amide bonds. The van der Waals surface area contributed by atoms with E-state index in [1.165, 1.54) is 0 Å². The van der Waals surface area contributed by atoms with Crippen molar-refractivity contribution in [3.8, 4) is 11.8 Å². The second kappa shape index (κ2) is 11.7. The van der Waals surface area contributed by atoms with Gasteiger partial charge in [-0.05, 0) is 49.8 Å². The SMILES string of the molecule is CCC(C#N)[C@H](C[C@@H]1CCNC1=O)NC(=O)[C@H](CC(C)C)NC(=O)c1cc2c(OC)cccc2[nH]1. The summed E-state index contributed by atoms with van der Waals surface area (Å²) in [6, 6.07) is 8.21. The lowest BCUT2D eigenvalue weighted by atomic mass is 9.88.